The van der Waals surface area contributed by atoms with Gasteiger partial charge in [0.05, 0.1) is 38.1 Å². The molecule has 0 aromatic heterocycles. The molecule has 0 spiro atoms. The highest BCUT2D eigenvalue weighted by atomic mass is 127. The molecule has 2 heterocycles. The Kier molecular flexibility index (Phi) is 7.54. The van der Waals surface area contributed by atoms with Crippen molar-refractivity contribution in [3.8, 4) is 5.75 Å². The van der Waals surface area contributed by atoms with E-state index in [1.807, 2.05) is 41.3 Å². The van der Waals surface area contributed by atoms with E-state index in [1.54, 1.807) is 0 Å². The van der Waals surface area contributed by atoms with E-state index in [2.05, 4.69) is 10.3 Å². The van der Waals surface area contributed by atoms with Gasteiger partial charge >= 0.3 is 0 Å². The highest BCUT2D eigenvalue weighted by molar-refractivity contribution is 14.0. The number of para-hydroxylation sites is 1. The van der Waals surface area contributed by atoms with Gasteiger partial charge in [0.15, 0.2) is 5.96 Å². The largest absolute Gasteiger partial charge is 0.493 e. The molecule has 2 aliphatic heterocycles. The van der Waals surface area contributed by atoms with Crippen molar-refractivity contribution < 1.29 is 13.9 Å². The zero-order chi connectivity index (χ0) is 19.3. The third-order valence-electron chi connectivity index (χ3n) is 5.08. The average molecular weight is 512 g/mol. The predicted octanol–water partition coefficient (Wildman–Crippen LogP) is 3.21. The molecule has 1 saturated heterocycles. The van der Waals surface area contributed by atoms with Crippen LogP contribution >= 0.6 is 24.0 Å². The molecule has 8 heteroatoms. The first-order valence-corrected chi connectivity index (χ1v) is 9.60. The lowest BCUT2D eigenvalue weighted by Gasteiger charge is -2.29. The van der Waals surface area contributed by atoms with E-state index in [-0.39, 0.29) is 35.8 Å². The van der Waals surface area contributed by atoms with Gasteiger partial charge in [-0.05, 0) is 23.8 Å². The van der Waals surface area contributed by atoms with E-state index in [0.717, 1.165) is 23.3 Å². The normalized spacial score (nSPS) is 19.0. The van der Waals surface area contributed by atoms with Gasteiger partial charge in [-0.15, -0.1) is 24.0 Å². The molecule has 0 bridgehead atoms. The van der Waals surface area contributed by atoms with Gasteiger partial charge in [0.1, 0.15) is 11.6 Å². The molecule has 3 N–H and O–H groups in total. The monoisotopic (exact) mass is 512 g/mol. The van der Waals surface area contributed by atoms with Gasteiger partial charge in [0.25, 0.3) is 0 Å². The maximum absolute atomic E-state index is 14.5. The molecule has 0 aliphatic carbocycles. The second kappa shape index (κ2) is 10.1. The maximum Gasteiger partial charge on any atom is 0.189 e. The van der Waals surface area contributed by atoms with Gasteiger partial charge in [0.2, 0.25) is 0 Å². The second-order valence-electron chi connectivity index (χ2n) is 6.96. The van der Waals surface area contributed by atoms with Gasteiger partial charge in [-0.1, -0.05) is 24.3 Å². The SMILES string of the molecule is I.NC(=NCc1ccc(N2CCOCC2)c(F)c1)NC1CCOc2ccccc21. The van der Waals surface area contributed by atoms with Crippen LogP contribution in [0.5, 0.6) is 5.75 Å². The molecule has 156 valence electrons. The minimum absolute atomic E-state index is 0. The van der Waals surface area contributed by atoms with E-state index in [4.69, 9.17) is 15.2 Å². The van der Waals surface area contributed by atoms with Crippen LogP contribution in [0.2, 0.25) is 0 Å². The lowest BCUT2D eigenvalue weighted by Crippen LogP contribution is -2.37. The van der Waals surface area contributed by atoms with Gasteiger partial charge in [-0.25, -0.2) is 9.38 Å². The molecular weight excluding hydrogens is 486 g/mol. The smallest absolute Gasteiger partial charge is 0.189 e. The summed E-state index contributed by atoms with van der Waals surface area (Å²) in [4.78, 5) is 6.39. The van der Waals surface area contributed by atoms with Crippen molar-refractivity contribution in [3.63, 3.8) is 0 Å². The van der Waals surface area contributed by atoms with Crippen LogP contribution in [-0.2, 0) is 11.3 Å². The van der Waals surface area contributed by atoms with Crippen molar-refractivity contribution in [2.24, 2.45) is 10.7 Å². The summed E-state index contributed by atoms with van der Waals surface area (Å²) in [5.41, 5.74) is 8.55. The Labute approximate surface area is 187 Å². The number of nitrogens with two attached hydrogens (primary N) is 1. The summed E-state index contributed by atoms with van der Waals surface area (Å²) in [7, 11) is 0. The van der Waals surface area contributed by atoms with Crippen molar-refractivity contribution in [1.82, 2.24) is 5.32 Å². The Bertz CT molecular complexity index is 858. The van der Waals surface area contributed by atoms with Crippen molar-refractivity contribution in [2.45, 2.75) is 19.0 Å². The lowest BCUT2D eigenvalue weighted by atomic mass is 10.0. The van der Waals surface area contributed by atoms with E-state index in [9.17, 15) is 4.39 Å². The fraction of sp³-hybridized carbons (Fsp3) is 0.381. The molecule has 0 saturated carbocycles. The molecule has 0 amide bonds. The van der Waals surface area contributed by atoms with Crippen LogP contribution in [0.3, 0.4) is 0 Å². The number of anilines is 1. The number of ether oxygens (including phenoxy) is 2. The molecule has 1 atom stereocenters. The average Bonchev–Trinajstić information content (AvgIpc) is 2.73. The zero-order valence-corrected chi connectivity index (χ0v) is 18.5. The summed E-state index contributed by atoms with van der Waals surface area (Å²) in [5.74, 6) is 0.985. The number of guanidine groups is 1. The van der Waals surface area contributed by atoms with Gasteiger partial charge < -0.3 is 25.4 Å². The minimum Gasteiger partial charge on any atom is -0.493 e. The fourth-order valence-corrected chi connectivity index (χ4v) is 3.60. The van der Waals surface area contributed by atoms with E-state index in [1.165, 1.54) is 6.07 Å². The maximum atomic E-state index is 14.5. The van der Waals surface area contributed by atoms with Gasteiger partial charge in [0, 0.05) is 25.1 Å². The van der Waals surface area contributed by atoms with Crippen molar-refractivity contribution in [1.29, 1.82) is 0 Å². The van der Waals surface area contributed by atoms with Crippen LogP contribution in [0, 0.1) is 5.82 Å². The standard InChI is InChI=1S/C21H25FN4O2.HI/c22-17-13-15(5-6-19(17)26-8-11-27-12-9-26)14-24-21(23)25-18-7-10-28-20-4-2-1-3-16(18)20;/h1-6,13,18H,7-12,14H2,(H3,23,24,25);1H. The molecule has 2 aromatic rings. The lowest BCUT2D eigenvalue weighted by molar-refractivity contribution is 0.122. The number of rotatable bonds is 4. The van der Waals surface area contributed by atoms with Crippen LogP contribution in [0.1, 0.15) is 23.6 Å². The summed E-state index contributed by atoms with van der Waals surface area (Å²) in [6.45, 7) is 3.63. The van der Waals surface area contributed by atoms with Crippen LogP contribution in [0.15, 0.2) is 47.5 Å². The van der Waals surface area contributed by atoms with Crippen molar-refractivity contribution >= 4 is 35.6 Å². The summed E-state index contributed by atoms with van der Waals surface area (Å²) >= 11 is 0. The first kappa shape index (κ1) is 21.6. The zero-order valence-electron chi connectivity index (χ0n) is 16.1. The number of hydrogen-bond acceptors (Lipinski definition) is 4. The Morgan fingerprint density at radius 2 is 1.97 bits per heavy atom. The number of morpholine rings is 1. The molecule has 1 unspecified atom stereocenters. The summed E-state index contributed by atoms with van der Waals surface area (Å²) < 4.78 is 25.5. The Morgan fingerprint density at radius 1 is 1.17 bits per heavy atom. The number of nitrogens with one attached hydrogen (secondary N) is 1. The number of halogens is 2. The summed E-state index contributed by atoms with van der Waals surface area (Å²) in [5, 5.41) is 3.25. The molecule has 6 nitrogen and oxygen atoms in total. The van der Waals surface area contributed by atoms with E-state index < -0.39 is 0 Å². The van der Waals surface area contributed by atoms with E-state index >= 15 is 0 Å². The van der Waals surface area contributed by atoms with Crippen LogP contribution < -0.4 is 20.7 Å². The molecule has 1 fully saturated rings. The number of aliphatic imine (C=N–C) groups is 1. The first-order chi connectivity index (χ1) is 13.7. The fourth-order valence-electron chi connectivity index (χ4n) is 3.60. The molecule has 2 aromatic carbocycles. The number of benzene rings is 2. The Morgan fingerprint density at radius 3 is 2.76 bits per heavy atom. The summed E-state index contributed by atoms with van der Waals surface area (Å²) in [6.07, 6.45) is 0.816. The number of nitrogens with zero attached hydrogens (tertiary/aromatic N) is 2. The van der Waals surface area contributed by atoms with E-state index in [0.29, 0.717) is 51.1 Å². The Balaban J connectivity index is 0.00000240. The molecule has 29 heavy (non-hydrogen) atoms. The molecule has 4 rings (SSSR count). The molecule has 0 radical (unpaired) electrons. The predicted molar refractivity (Wildman–Crippen MR) is 123 cm³/mol. The highest BCUT2D eigenvalue weighted by Crippen LogP contribution is 2.31. The number of fused-ring (bicyclic) bond motifs is 1. The number of hydrogen-bond donors (Lipinski definition) is 2. The van der Waals surface area contributed by atoms with Crippen LogP contribution in [-0.4, -0.2) is 38.9 Å². The highest BCUT2D eigenvalue weighted by Gasteiger charge is 2.21. The Hall–Kier alpha value is -2.07. The third kappa shape index (κ3) is 5.30. The van der Waals surface area contributed by atoms with Crippen LogP contribution in [0.25, 0.3) is 0 Å². The first-order valence-electron chi connectivity index (χ1n) is 9.60. The van der Waals surface area contributed by atoms with Crippen LogP contribution in [0.4, 0.5) is 10.1 Å². The molecular formula is C21H26FIN4O2. The van der Waals surface area contributed by atoms with Gasteiger partial charge in [-0.2, -0.15) is 0 Å². The topological polar surface area (TPSA) is 72.1 Å². The van der Waals surface area contributed by atoms with Crippen molar-refractivity contribution in [2.75, 3.05) is 37.8 Å². The minimum atomic E-state index is -0.237. The third-order valence-corrected chi connectivity index (χ3v) is 5.08. The van der Waals surface area contributed by atoms with Crippen molar-refractivity contribution in [3.05, 3.63) is 59.4 Å². The molecule has 2 aliphatic rings. The quantitative estimate of drug-likeness (QED) is 0.374. The summed E-state index contributed by atoms with van der Waals surface area (Å²) in [6, 6.07) is 13.2. The second-order valence-corrected chi connectivity index (χ2v) is 6.96. The van der Waals surface area contributed by atoms with Gasteiger partial charge in [-0.3, -0.25) is 0 Å².